The van der Waals surface area contributed by atoms with E-state index in [1.165, 1.54) is 7.11 Å². The Labute approximate surface area is 121 Å². The Morgan fingerprint density at radius 3 is 2.29 bits per heavy atom. The van der Waals surface area contributed by atoms with Gasteiger partial charge >= 0.3 is 0 Å². The molecule has 1 rings (SSSR count). The van der Waals surface area contributed by atoms with Gasteiger partial charge in [-0.25, -0.2) is 8.42 Å². The third-order valence-corrected chi connectivity index (χ3v) is 4.61. The first-order valence-electron chi connectivity index (χ1n) is 5.92. The van der Waals surface area contributed by atoms with Gasteiger partial charge in [-0.2, -0.15) is 4.31 Å². The van der Waals surface area contributed by atoms with Crippen LogP contribution >= 0.6 is 0 Å². The molecule has 0 radical (unpaired) electrons. The molecule has 0 saturated heterocycles. The summed E-state index contributed by atoms with van der Waals surface area (Å²) >= 11 is 0. The maximum atomic E-state index is 12.4. The zero-order valence-electron chi connectivity index (χ0n) is 11.3. The molecule has 0 aliphatic heterocycles. The molecule has 0 bridgehead atoms. The summed E-state index contributed by atoms with van der Waals surface area (Å²) in [6, 6.07) is 3.11. The Morgan fingerprint density at radius 2 is 1.86 bits per heavy atom. The van der Waals surface area contributed by atoms with Gasteiger partial charge in [-0.05, 0) is 6.07 Å². The van der Waals surface area contributed by atoms with Gasteiger partial charge < -0.3 is 14.9 Å². The summed E-state index contributed by atoms with van der Waals surface area (Å²) in [5.74, 6) is -0.176. The lowest BCUT2D eigenvalue weighted by Gasteiger charge is -2.21. The van der Waals surface area contributed by atoms with Gasteiger partial charge in [-0.1, -0.05) is 0 Å². The summed E-state index contributed by atoms with van der Waals surface area (Å²) in [5.41, 5.74) is -0.304. The Kier molecular flexibility index (Phi) is 6.03. The lowest BCUT2D eigenvalue weighted by molar-refractivity contribution is -0.385. The van der Waals surface area contributed by atoms with Crippen LogP contribution in [0.1, 0.15) is 0 Å². The highest BCUT2D eigenvalue weighted by Gasteiger charge is 2.28. The molecule has 0 aliphatic carbocycles. The van der Waals surface area contributed by atoms with Gasteiger partial charge in [-0.3, -0.25) is 10.1 Å². The second-order valence-electron chi connectivity index (χ2n) is 3.94. The maximum absolute atomic E-state index is 12.4. The SMILES string of the molecule is COc1cc([N+](=O)[O-])ccc1S(=O)(=O)N(CCO)CCO. The van der Waals surface area contributed by atoms with Crippen LogP contribution in [0.2, 0.25) is 0 Å². The number of aliphatic hydroxyl groups excluding tert-OH is 2. The van der Waals surface area contributed by atoms with Gasteiger partial charge in [0, 0.05) is 19.2 Å². The van der Waals surface area contributed by atoms with Crippen molar-refractivity contribution < 1.29 is 28.3 Å². The number of methoxy groups -OCH3 is 1. The number of non-ortho nitro benzene ring substituents is 1. The minimum Gasteiger partial charge on any atom is -0.495 e. The Hall–Kier alpha value is -1.75. The number of benzene rings is 1. The zero-order valence-corrected chi connectivity index (χ0v) is 12.1. The minimum atomic E-state index is -4.04. The van der Waals surface area contributed by atoms with Crippen molar-refractivity contribution in [3.63, 3.8) is 0 Å². The number of aliphatic hydroxyl groups is 2. The molecule has 1 aromatic rings. The molecule has 118 valence electrons. The molecule has 0 amide bonds. The van der Waals surface area contributed by atoms with E-state index in [9.17, 15) is 18.5 Å². The lowest BCUT2D eigenvalue weighted by Crippen LogP contribution is -2.36. The summed E-state index contributed by atoms with van der Waals surface area (Å²) in [6.07, 6.45) is 0. The standard InChI is InChI=1S/C11H16N2O7S/c1-20-10-8-9(13(16)17)2-3-11(10)21(18,19)12(4-6-14)5-7-15/h2-3,8,14-15H,4-7H2,1H3. The maximum Gasteiger partial charge on any atom is 0.273 e. The second-order valence-corrected chi connectivity index (χ2v) is 5.85. The third-order valence-electron chi connectivity index (χ3n) is 2.67. The fourth-order valence-electron chi connectivity index (χ4n) is 1.70. The quantitative estimate of drug-likeness (QED) is 0.491. The first-order valence-corrected chi connectivity index (χ1v) is 7.36. The summed E-state index contributed by atoms with van der Waals surface area (Å²) in [5, 5.41) is 28.5. The molecule has 0 unspecified atom stereocenters. The van der Waals surface area contributed by atoms with Gasteiger partial charge in [-0.15, -0.1) is 0 Å². The van der Waals surface area contributed by atoms with E-state index in [0.29, 0.717) is 0 Å². The van der Waals surface area contributed by atoms with Crippen LogP contribution in [0.25, 0.3) is 0 Å². The van der Waals surface area contributed by atoms with Crippen molar-refractivity contribution in [2.75, 3.05) is 33.4 Å². The van der Waals surface area contributed by atoms with Crippen LogP contribution in [0.4, 0.5) is 5.69 Å². The van der Waals surface area contributed by atoms with Gasteiger partial charge in [0.15, 0.2) is 0 Å². The molecule has 0 heterocycles. The molecule has 0 aromatic heterocycles. The fraction of sp³-hybridized carbons (Fsp3) is 0.455. The van der Waals surface area contributed by atoms with E-state index in [-0.39, 0.29) is 29.4 Å². The molecular formula is C11H16N2O7S. The fourth-order valence-corrected chi connectivity index (χ4v) is 3.26. The van der Waals surface area contributed by atoms with E-state index >= 15 is 0 Å². The van der Waals surface area contributed by atoms with E-state index in [0.717, 1.165) is 22.5 Å². The average molecular weight is 320 g/mol. The number of nitro benzene ring substituents is 1. The molecule has 0 aliphatic rings. The number of nitro groups is 1. The highest BCUT2D eigenvalue weighted by molar-refractivity contribution is 7.89. The number of sulfonamides is 1. The Bertz CT molecular complexity index is 597. The van der Waals surface area contributed by atoms with Crippen molar-refractivity contribution in [2.24, 2.45) is 0 Å². The molecule has 0 fully saturated rings. The van der Waals surface area contributed by atoms with Gasteiger partial charge in [0.1, 0.15) is 10.6 Å². The molecule has 1 aromatic carbocycles. The average Bonchev–Trinajstić information content (AvgIpc) is 2.46. The van der Waals surface area contributed by atoms with E-state index in [2.05, 4.69) is 0 Å². The van der Waals surface area contributed by atoms with E-state index in [1.807, 2.05) is 0 Å². The van der Waals surface area contributed by atoms with E-state index in [1.54, 1.807) is 0 Å². The van der Waals surface area contributed by atoms with Crippen molar-refractivity contribution in [3.05, 3.63) is 28.3 Å². The van der Waals surface area contributed by atoms with Crippen LogP contribution in [0, 0.1) is 10.1 Å². The molecule has 0 saturated carbocycles. The van der Waals surface area contributed by atoms with Crippen LogP contribution in [0.3, 0.4) is 0 Å². The number of nitrogens with zero attached hydrogens (tertiary/aromatic N) is 2. The summed E-state index contributed by atoms with van der Waals surface area (Å²) in [7, 11) is -2.85. The minimum absolute atomic E-state index is 0.176. The first kappa shape index (κ1) is 17.3. The van der Waals surface area contributed by atoms with Crippen molar-refractivity contribution >= 4 is 15.7 Å². The van der Waals surface area contributed by atoms with Gasteiger partial charge in [0.2, 0.25) is 10.0 Å². The third kappa shape index (κ3) is 3.88. The number of rotatable bonds is 8. The summed E-state index contributed by atoms with van der Waals surface area (Å²) in [6.45, 7) is -1.25. The smallest absolute Gasteiger partial charge is 0.273 e. The first-order chi connectivity index (χ1) is 9.88. The molecule has 2 N–H and O–H groups in total. The predicted molar refractivity (Wildman–Crippen MR) is 72.6 cm³/mol. The van der Waals surface area contributed by atoms with Crippen LogP contribution in [-0.2, 0) is 10.0 Å². The van der Waals surface area contributed by atoms with Gasteiger partial charge in [0.25, 0.3) is 5.69 Å². The monoisotopic (exact) mass is 320 g/mol. The number of ether oxygens (including phenoxy) is 1. The summed E-state index contributed by atoms with van der Waals surface area (Å²) in [4.78, 5) is 9.76. The van der Waals surface area contributed by atoms with Gasteiger partial charge in [0.05, 0.1) is 31.3 Å². The van der Waals surface area contributed by atoms with Crippen molar-refractivity contribution in [2.45, 2.75) is 4.90 Å². The second kappa shape index (κ2) is 7.31. The molecule has 0 atom stereocenters. The molecule has 0 spiro atoms. The molecule has 9 nitrogen and oxygen atoms in total. The van der Waals surface area contributed by atoms with Crippen LogP contribution in [-0.4, -0.2) is 61.3 Å². The molecular weight excluding hydrogens is 304 g/mol. The van der Waals surface area contributed by atoms with Crippen molar-refractivity contribution in [1.82, 2.24) is 4.31 Å². The summed E-state index contributed by atoms with van der Waals surface area (Å²) < 4.78 is 30.6. The van der Waals surface area contributed by atoms with Crippen LogP contribution in [0.15, 0.2) is 23.1 Å². The zero-order chi connectivity index (χ0) is 16.0. The predicted octanol–water partition coefficient (Wildman–Crippen LogP) is -0.421. The van der Waals surface area contributed by atoms with Crippen molar-refractivity contribution in [1.29, 1.82) is 0 Å². The normalized spacial score (nSPS) is 11.6. The molecule has 10 heteroatoms. The van der Waals surface area contributed by atoms with E-state index < -0.39 is 28.2 Å². The highest BCUT2D eigenvalue weighted by Crippen LogP contribution is 2.30. The van der Waals surface area contributed by atoms with Crippen molar-refractivity contribution in [3.8, 4) is 5.75 Å². The number of hydrogen-bond donors (Lipinski definition) is 2. The van der Waals surface area contributed by atoms with Crippen LogP contribution < -0.4 is 4.74 Å². The van der Waals surface area contributed by atoms with Crippen LogP contribution in [0.5, 0.6) is 5.75 Å². The lowest BCUT2D eigenvalue weighted by atomic mass is 10.3. The Morgan fingerprint density at radius 1 is 1.29 bits per heavy atom. The largest absolute Gasteiger partial charge is 0.495 e. The van der Waals surface area contributed by atoms with E-state index in [4.69, 9.17) is 14.9 Å². The topological polar surface area (TPSA) is 130 Å². The molecule has 21 heavy (non-hydrogen) atoms. The Balaban J connectivity index is 3.32. The highest BCUT2D eigenvalue weighted by atomic mass is 32.2. The number of hydrogen-bond acceptors (Lipinski definition) is 7.